The number of hydrogen-bond acceptors (Lipinski definition) is 8. The summed E-state index contributed by atoms with van der Waals surface area (Å²) in [5, 5.41) is 7.33. The number of ether oxygens (including phenoxy) is 1. The fourth-order valence-corrected chi connectivity index (χ4v) is 3.06. The van der Waals surface area contributed by atoms with Crippen molar-refractivity contribution >= 4 is 29.3 Å². The summed E-state index contributed by atoms with van der Waals surface area (Å²) < 4.78 is 11.7. The number of anilines is 1. The van der Waals surface area contributed by atoms with Gasteiger partial charge in [-0.1, -0.05) is 0 Å². The molecular formula is C18H18N4O5S. The molecule has 3 heterocycles. The van der Waals surface area contributed by atoms with Crippen molar-refractivity contribution in [2.75, 3.05) is 18.7 Å². The molecule has 146 valence electrons. The van der Waals surface area contributed by atoms with Crippen LogP contribution in [0.15, 0.2) is 48.8 Å². The molecule has 0 aromatic carbocycles. The van der Waals surface area contributed by atoms with E-state index in [4.69, 9.17) is 9.15 Å². The van der Waals surface area contributed by atoms with Crippen LogP contribution in [0.25, 0.3) is 11.3 Å². The summed E-state index contributed by atoms with van der Waals surface area (Å²) in [6.45, 7) is 2.07. The molecule has 0 unspecified atom stereocenters. The van der Waals surface area contributed by atoms with Crippen molar-refractivity contribution in [3.05, 3.63) is 61.1 Å². The van der Waals surface area contributed by atoms with Gasteiger partial charge >= 0.3 is 11.7 Å². The Morgan fingerprint density at radius 1 is 1.39 bits per heavy atom. The smallest absolute Gasteiger partial charge is 0.348 e. The van der Waals surface area contributed by atoms with Crippen molar-refractivity contribution in [2.24, 2.45) is 12.1 Å². The molecule has 3 aromatic rings. The number of nitrogens with zero attached hydrogens (tertiary/aromatic N) is 3. The Labute approximate surface area is 163 Å². The van der Waals surface area contributed by atoms with Crippen LogP contribution >= 0.6 is 11.3 Å². The van der Waals surface area contributed by atoms with Crippen LogP contribution in [0.5, 0.6) is 0 Å². The van der Waals surface area contributed by atoms with Gasteiger partial charge < -0.3 is 9.15 Å². The minimum atomic E-state index is -0.528. The molecule has 0 amide bonds. The molecule has 0 fully saturated rings. The molecular weight excluding hydrogens is 384 g/mol. The highest BCUT2D eigenvalue weighted by molar-refractivity contribution is 7.12. The minimum Gasteiger partial charge on any atom is -0.462 e. The van der Waals surface area contributed by atoms with Crippen LogP contribution in [0.2, 0.25) is 0 Å². The number of carbonyl (C=O) groups is 1. The lowest BCUT2D eigenvalue weighted by Crippen LogP contribution is -2.33. The molecule has 0 spiro atoms. The number of nitrogens with one attached hydrogen (secondary N) is 1. The van der Waals surface area contributed by atoms with Gasteiger partial charge in [-0.15, -0.1) is 11.3 Å². The number of rotatable bonds is 6. The molecule has 0 radical (unpaired) electrons. The maximum absolute atomic E-state index is 11.8. The van der Waals surface area contributed by atoms with E-state index >= 15 is 0 Å². The minimum absolute atomic E-state index is 0.257. The highest BCUT2D eigenvalue weighted by Crippen LogP contribution is 2.27. The van der Waals surface area contributed by atoms with Crippen LogP contribution in [-0.2, 0) is 11.8 Å². The summed E-state index contributed by atoms with van der Waals surface area (Å²) >= 11 is 1.28. The topological polar surface area (TPSA) is 110 Å². The van der Waals surface area contributed by atoms with Crippen molar-refractivity contribution in [2.45, 2.75) is 6.92 Å². The highest BCUT2D eigenvalue weighted by Gasteiger charge is 2.13. The maximum Gasteiger partial charge on any atom is 0.348 e. The lowest BCUT2D eigenvalue weighted by atomic mass is 10.2. The zero-order valence-electron chi connectivity index (χ0n) is 15.5. The van der Waals surface area contributed by atoms with E-state index in [9.17, 15) is 14.4 Å². The Morgan fingerprint density at radius 2 is 2.18 bits per heavy atom. The number of hydrazone groups is 1. The molecule has 0 atom stereocenters. The van der Waals surface area contributed by atoms with Crippen LogP contribution in [0.4, 0.5) is 5.82 Å². The van der Waals surface area contributed by atoms with E-state index in [1.165, 1.54) is 35.7 Å². The Bertz CT molecular complexity index is 1110. The first-order chi connectivity index (χ1) is 13.4. The van der Waals surface area contributed by atoms with Crippen LogP contribution in [0.1, 0.15) is 22.4 Å². The normalized spacial score (nSPS) is 11.1. The third-order valence-corrected chi connectivity index (χ3v) is 4.73. The predicted octanol–water partition coefficient (Wildman–Crippen LogP) is 2.04. The predicted molar refractivity (Wildman–Crippen MR) is 106 cm³/mol. The summed E-state index contributed by atoms with van der Waals surface area (Å²) in [7, 11) is 2.98. The highest BCUT2D eigenvalue weighted by atomic mass is 32.1. The van der Waals surface area contributed by atoms with Crippen molar-refractivity contribution in [1.82, 2.24) is 9.55 Å². The Hall–Kier alpha value is -3.40. The standard InChI is InChI=1S/C18H18N4O5S/c1-4-26-17(24)14-7-11(10-28-14)13-6-5-12(27-13)9-19-22(3)15-8-16(23)21(2)18(25)20-15/h5-10H,4H2,1-3H3,(H,20,25)/b19-9+. The lowest BCUT2D eigenvalue weighted by Gasteiger charge is -2.11. The van der Waals surface area contributed by atoms with E-state index in [1.807, 2.05) is 5.38 Å². The van der Waals surface area contributed by atoms with Gasteiger partial charge in [-0.25, -0.2) is 9.59 Å². The summed E-state index contributed by atoms with van der Waals surface area (Å²) in [6.07, 6.45) is 1.46. The Balaban J connectivity index is 1.75. The van der Waals surface area contributed by atoms with Crippen molar-refractivity contribution in [3.63, 3.8) is 0 Å². The summed E-state index contributed by atoms with van der Waals surface area (Å²) in [5.41, 5.74) is -0.201. The molecule has 3 rings (SSSR count). The van der Waals surface area contributed by atoms with Crippen molar-refractivity contribution in [1.29, 1.82) is 0 Å². The molecule has 0 saturated carbocycles. The number of aromatic nitrogens is 2. The van der Waals surface area contributed by atoms with E-state index in [0.717, 1.165) is 10.1 Å². The van der Waals surface area contributed by atoms with Crippen molar-refractivity contribution < 1.29 is 13.9 Å². The average Bonchev–Trinajstić information content (AvgIpc) is 3.33. The first-order valence-electron chi connectivity index (χ1n) is 8.33. The zero-order valence-corrected chi connectivity index (χ0v) is 16.3. The molecule has 0 aliphatic heterocycles. The lowest BCUT2D eigenvalue weighted by molar-refractivity contribution is 0.0532. The van der Waals surface area contributed by atoms with Gasteiger partial charge in [0.2, 0.25) is 0 Å². The number of furan rings is 1. The van der Waals surface area contributed by atoms with Gasteiger partial charge in [0.15, 0.2) is 0 Å². The summed E-state index contributed by atoms with van der Waals surface area (Å²) in [4.78, 5) is 38.2. The molecule has 0 bridgehead atoms. The monoisotopic (exact) mass is 402 g/mol. The SMILES string of the molecule is CCOC(=O)c1cc(-c2ccc(/C=N/N(C)c3cc(=O)n(C)c(=O)[nH]3)o2)cs1. The fourth-order valence-electron chi connectivity index (χ4n) is 2.28. The van der Waals surface area contributed by atoms with Crippen LogP contribution in [0.3, 0.4) is 0 Å². The number of hydrogen-bond donors (Lipinski definition) is 1. The van der Waals surface area contributed by atoms with Gasteiger partial charge in [0.05, 0.1) is 12.8 Å². The third kappa shape index (κ3) is 4.12. The second-order valence-corrected chi connectivity index (χ2v) is 6.66. The fraction of sp³-hybridized carbons (Fsp3) is 0.222. The first-order valence-corrected chi connectivity index (χ1v) is 9.21. The van der Waals surface area contributed by atoms with Gasteiger partial charge in [-0.2, -0.15) is 5.10 Å². The molecule has 10 heteroatoms. The molecule has 1 N–H and O–H groups in total. The summed E-state index contributed by atoms with van der Waals surface area (Å²) in [6, 6.07) is 6.47. The van der Waals surface area contributed by atoms with Gasteiger partial charge in [0.1, 0.15) is 22.2 Å². The number of aromatic amines is 1. The number of esters is 1. The Kier molecular flexibility index (Phi) is 5.59. The van der Waals surface area contributed by atoms with E-state index in [2.05, 4.69) is 10.1 Å². The van der Waals surface area contributed by atoms with Gasteiger partial charge in [-0.05, 0) is 25.1 Å². The first kappa shape index (κ1) is 19.4. The van der Waals surface area contributed by atoms with E-state index in [-0.39, 0.29) is 11.8 Å². The van der Waals surface area contributed by atoms with Gasteiger partial charge in [-0.3, -0.25) is 19.4 Å². The van der Waals surface area contributed by atoms with E-state index in [0.29, 0.717) is 23.0 Å². The van der Waals surface area contributed by atoms with E-state index in [1.54, 1.807) is 32.2 Å². The number of thiophene rings is 1. The van der Waals surface area contributed by atoms with Crippen LogP contribution < -0.4 is 16.3 Å². The molecule has 9 nitrogen and oxygen atoms in total. The molecule has 0 aliphatic carbocycles. The number of carbonyl (C=O) groups excluding carboxylic acids is 1. The van der Waals surface area contributed by atoms with Crippen LogP contribution in [0, 0.1) is 0 Å². The molecule has 28 heavy (non-hydrogen) atoms. The number of H-pyrrole nitrogens is 1. The van der Waals surface area contributed by atoms with E-state index < -0.39 is 11.2 Å². The second kappa shape index (κ2) is 8.09. The Morgan fingerprint density at radius 3 is 2.89 bits per heavy atom. The third-order valence-electron chi connectivity index (χ3n) is 3.82. The van der Waals surface area contributed by atoms with Gasteiger partial charge in [0, 0.05) is 31.1 Å². The average molecular weight is 402 g/mol. The second-order valence-electron chi connectivity index (χ2n) is 5.75. The largest absolute Gasteiger partial charge is 0.462 e. The molecule has 0 aliphatic rings. The van der Waals surface area contributed by atoms with Crippen LogP contribution in [-0.4, -0.2) is 35.4 Å². The molecule has 3 aromatic heterocycles. The maximum atomic E-state index is 11.8. The summed E-state index contributed by atoms with van der Waals surface area (Å²) in [5.74, 6) is 0.944. The molecule has 0 saturated heterocycles. The quantitative estimate of drug-likeness (QED) is 0.384. The van der Waals surface area contributed by atoms with Crippen molar-refractivity contribution in [3.8, 4) is 11.3 Å². The van der Waals surface area contributed by atoms with Gasteiger partial charge in [0.25, 0.3) is 5.56 Å². The zero-order chi connectivity index (χ0) is 20.3.